The number of methoxy groups -OCH3 is 1. The van der Waals surface area contributed by atoms with Crippen molar-refractivity contribution in [1.82, 2.24) is 15.5 Å². The molecule has 6 nitrogen and oxygen atoms in total. The number of hydrogen-bond donors (Lipinski definition) is 2. The summed E-state index contributed by atoms with van der Waals surface area (Å²) in [6, 6.07) is 8.11. The van der Waals surface area contributed by atoms with Gasteiger partial charge in [-0.2, -0.15) is 0 Å². The van der Waals surface area contributed by atoms with Crippen LogP contribution in [0.15, 0.2) is 29.3 Å². The molecule has 0 atom stereocenters. The number of amides is 1. The number of guanidine groups is 1. The molecule has 0 unspecified atom stereocenters. The maximum Gasteiger partial charge on any atom is 0.224 e. The Hall–Kier alpha value is -1.51. The lowest BCUT2D eigenvalue weighted by Gasteiger charge is -2.24. The van der Waals surface area contributed by atoms with E-state index in [2.05, 4.69) is 36.6 Å². The number of ether oxygens (including phenoxy) is 1. The molecule has 0 aliphatic carbocycles. The van der Waals surface area contributed by atoms with Gasteiger partial charge in [0.2, 0.25) is 5.91 Å². The van der Waals surface area contributed by atoms with Crippen molar-refractivity contribution < 1.29 is 9.53 Å². The number of carbonyl (C=O) groups is 1. The highest BCUT2D eigenvalue weighted by Crippen LogP contribution is 2.25. The highest BCUT2D eigenvalue weighted by Gasteiger charge is 2.20. The van der Waals surface area contributed by atoms with E-state index in [0.717, 1.165) is 31.3 Å². The van der Waals surface area contributed by atoms with Crippen molar-refractivity contribution in [3.8, 4) is 5.75 Å². The number of halogens is 1. The Bertz CT molecular complexity index is 599. The Morgan fingerprint density at radius 1 is 1.11 bits per heavy atom. The van der Waals surface area contributed by atoms with Gasteiger partial charge in [0.15, 0.2) is 5.96 Å². The zero-order valence-electron chi connectivity index (χ0n) is 18.2. The van der Waals surface area contributed by atoms with Gasteiger partial charge in [-0.15, -0.1) is 24.0 Å². The first-order valence-corrected chi connectivity index (χ1v) is 9.82. The molecule has 1 aromatic rings. The zero-order chi connectivity index (χ0) is 20.3. The van der Waals surface area contributed by atoms with E-state index >= 15 is 0 Å². The molecule has 0 radical (unpaired) electrons. The van der Waals surface area contributed by atoms with Crippen molar-refractivity contribution >= 4 is 35.8 Å². The summed E-state index contributed by atoms with van der Waals surface area (Å²) in [5.74, 6) is 1.76. The van der Waals surface area contributed by atoms with Crippen molar-refractivity contribution in [2.45, 2.75) is 46.5 Å². The van der Waals surface area contributed by atoms with E-state index in [9.17, 15) is 4.79 Å². The fourth-order valence-corrected chi connectivity index (χ4v) is 2.77. The summed E-state index contributed by atoms with van der Waals surface area (Å²) < 4.78 is 5.23. The van der Waals surface area contributed by atoms with Crippen LogP contribution < -0.4 is 15.4 Å². The summed E-state index contributed by atoms with van der Waals surface area (Å²) in [6.07, 6.45) is 0.466. The van der Waals surface area contributed by atoms with Gasteiger partial charge in [-0.25, -0.2) is 0 Å². The molecule has 0 aromatic heterocycles. The number of carbonyl (C=O) groups excluding carboxylic acids is 1. The van der Waals surface area contributed by atoms with E-state index in [1.807, 2.05) is 37.8 Å². The smallest absolute Gasteiger partial charge is 0.224 e. The number of nitrogens with one attached hydrogen (secondary N) is 2. The molecule has 0 heterocycles. The molecule has 0 bridgehead atoms. The average molecular weight is 504 g/mol. The molecule has 1 amide bonds. The van der Waals surface area contributed by atoms with Gasteiger partial charge in [0.1, 0.15) is 5.75 Å². The molecule has 7 heteroatoms. The van der Waals surface area contributed by atoms with Crippen LogP contribution in [0.2, 0.25) is 0 Å². The van der Waals surface area contributed by atoms with Crippen LogP contribution in [-0.4, -0.2) is 56.6 Å². The molecule has 0 fully saturated rings. The monoisotopic (exact) mass is 504 g/mol. The predicted molar refractivity (Wildman–Crippen MR) is 128 cm³/mol. The van der Waals surface area contributed by atoms with E-state index in [1.54, 1.807) is 7.11 Å². The molecule has 160 valence electrons. The summed E-state index contributed by atoms with van der Waals surface area (Å²) in [6.45, 7) is 13.9. The topological polar surface area (TPSA) is 66.0 Å². The van der Waals surface area contributed by atoms with Crippen molar-refractivity contribution in [2.24, 2.45) is 4.99 Å². The Labute approximate surface area is 187 Å². The molecule has 2 N–H and O–H groups in total. The zero-order valence-corrected chi connectivity index (χ0v) is 20.5. The Morgan fingerprint density at radius 2 is 1.71 bits per heavy atom. The van der Waals surface area contributed by atoms with Crippen LogP contribution in [0.5, 0.6) is 5.75 Å². The fraction of sp³-hybridized carbons (Fsp3) is 0.619. The second-order valence-corrected chi connectivity index (χ2v) is 7.05. The summed E-state index contributed by atoms with van der Waals surface area (Å²) in [5, 5.41) is 6.52. The van der Waals surface area contributed by atoms with Crippen LogP contribution >= 0.6 is 24.0 Å². The van der Waals surface area contributed by atoms with E-state index in [0.29, 0.717) is 19.5 Å². The molecule has 1 aromatic carbocycles. The highest BCUT2D eigenvalue weighted by atomic mass is 127. The molecular weight excluding hydrogens is 467 g/mol. The van der Waals surface area contributed by atoms with Crippen molar-refractivity contribution in [2.75, 3.05) is 39.8 Å². The molecule has 0 saturated heterocycles. The molecule has 0 saturated carbocycles. The summed E-state index contributed by atoms with van der Waals surface area (Å²) in [7, 11) is 1.67. The van der Waals surface area contributed by atoms with E-state index in [1.165, 1.54) is 5.56 Å². The first-order valence-electron chi connectivity index (χ1n) is 9.82. The van der Waals surface area contributed by atoms with Gasteiger partial charge in [-0.05, 0) is 38.5 Å². The SMILES string of the molecule is CCNC(=NCC(C)(C)c1ccc(OC)cc1)NCCC(=O)N(CC)CC.I. The van der Waals surface area contributed by atoms with E-state index in [-0.39, 0.29) is 35.3 Å². The van der Waals surface area contributed by atoms with Gasteiger partial charge in [-0.3, -0.25) is 9.79 Å². The van der Waals surface area contributed by atoms with Crippen molar-refractivity contribution in [3.63, 3.8) is 0 Å². The lowest BCUT2D eigenvalue weighted by Crippen LogP contribution is -2.41. The first kappa shape index (κ1) is 26.5. The normalized spacial score (nSPS) is 11.4. The minimum absolute atomic E-state index is 0. The number of nitrogens with zero attached hydrogens (tertiary/aromatic N) is 2. The molecule has 0 spiro atoms. The molecule has 1 rings (SSSR count). The third-order valence-corrected chi connectivity index (χ3v) is 4.60. The van der Waals surface area contributed by atoms with Crippen LogP contribution in [0.1, 0.15) is 46.6 Å². The molecule has 28 heavy (non-hydrogen) atoms. The summed E-state index contributed by atoms with van der Waals surface area (Å²) in [5.41, 5.74) is 1.10. The second kappa shape index (κ2) is 13.6. The van der Waals surface area contributed by atoms with Crippen molar-refractivity contribution in [1.29, 1.82) is 0 Å². The minimum Gasteiger partial charge on any atom is -0.497 e. The summed E-state index contributed by atoms with van der Waals surface area (Å²) >= 11 is 0. The van der Waals surface area contributed by atoms with Gasteiger partial charge in [-0.1, -0.05) is 26.0 Å². The molecule has 0 aliphatic rings. The van der Waals surface area contributed by atoms with Gasteiger partial charge in [0.05, 0.1) is 13.7 Å². The quantitative estimate of drug-likeness (QED) is 0.291. The van der Waals surface area contributed by atoms with E-state index < -0.39 is 0 Å². The fourth-order valence-electron chi connectivity index (χ4n) is 2.77. The first-order chi connectivity index (χ1) is 12.9. The van der Waals surface area contributed by atoms with Crippen LogP contribution in [0.3, 0.4) is 0 Å². The van der Waals surface area contributed by atoms with Gasteiger partial charge < -0.3 is 20.3 Å². The largest absolute Gasteiger partial charge is 0.497 e. The highest BCUT2D eigenvalue weighted by molar-refractivity contribution is 14.0. The second-order valence-electron chi connectivity index (χ2n) is 7.05. The van der Waals surface area contributed by atoms with E-state index in [4.69, 9.17) is 9.73 Å². The van der Waals surface area contributed by atoms with Crippen LogP contribution in [-0.2, 0) is 10.2 Å². The Kier molecular flexibility index (Phi) is 12.9. The number of hydrogen-bond acceptors (Lipinski definition) is 3. The maximum absolute atomic E-state index is 12.1. The van der Waals surface area contributed by atoms with Crippen molar-refractivity contribution in [3.05, 3.63) is 29.8 Å². The van der Waals surface area contributed by atoms with Gasteiger partial charge in [0.25, 0.3) is 0 Å². The predicted octanol–water partition coefficient (Wildman–Crippen LogP) is 3.40. The lowest BCUT2D eigenvalue weighted by molar-refractivity contribution is -0.130. The standard InChI is InChI=1S/C21H36N4O2.HI/c1-7-22-20(23-15-14-19(26)25(8-2)9-3)24-16-21(4,5)17-10-12-18(27-6)13-11-17;/h10-13H,7-9,14-16H2,1-6H3,(H2,22,23,24);1H. The maximum atomic E-state index is 12.1. The third kappa shape index (κ3) is 8.67. The van der Waals surface area contributed by atoms with Crippen LogP contribution in [0.25, 0.3) is 0 Å². The molecule has 0 aliphatic heterocycles. The number of rotatable bonds is 10. The van der Waals surface area contributed by atoms with Crippen LogP contribution in [0, 0.1) is 0 Å². The molecular formula is C21H37IN4O2. The van der Waals surface area contributed by atoms with Gasteiger partial charge >= 0.3 is 0 Å². The summed E-state index contributed by atoms with van der Waals surface area (Å²) in [4.78, 5) is 18.7. The third-order valence-electron chi connectivity index (χ3n) is 4.60. The minimum atomic E-state index is -0.105. The number of aliphatic imine (C=N–C) groups is 1. The van der Waals surface area contributed by atoms with Crippen LogP contribution in [0.4, 0.5) is 0 Å². The lowest BCUT2D eigenvalue weighted by atomic mass is 9.85. The number of benzene rings is 1. The Morgan fingerprint density at radius 3 is 2.21 bits per heavy atom. The van der Waals surface area contributed by atoms with Gasteiger partial charge in [0, 0.05) is 38.0 Å². The average Bonchev–Trinajstić information content (AvgIpc) is 2.67. The Balaban J connectivity index is 0.00000729.